The molecule has 8 heteroatoms. The lowest BCUT2D eigenvalue weighted by Gasteiger charge is -2.08. The number of aryl methyl sites for hydroxylation is 1. The molecule has 0 N–H and O–H groups in total. The lowest BCUT2D eigenvalue weighted by molar-refractivity contribution is 0.0245. The Hall–Kier alpha value is -3.13. The molecule has 0 saturated carbocycles. The van der Waals surface area contributed by atoms with E-state index >= 15 is 0 Å². The molecule has 0 aliphatic rings. The van der Waals surface area contributed by atoms with E-state index in [1.54, 1.807) is 33.1 Å². The van der Waals surface area contributed by atoms with E-state index in [0.29, 0.717) is 22.8 Å². The number of ether oxygens (including phenoxy) is 2. The second kappa shape index (κ2) is 6.88. The van der Waals surface area contributed by atoms with E-state index in [9.17, 15) is 4.79 Å². The Labute approximate surface area is 158 Å². The molecular weight excluding hydrogens is 368 g/mol. The second-order valence-electron chi connectivity index (χ2n) is 5.89. The summed E-state index contributed by atoms with van der Waals surface area (Å²) in [5, 5.41) is 10.7. The van der Waals surface area contributed by atoms with Gasteiger partial charge in [-0.05, 0) is 43.5 Å². The first-order chi connectivity index (χ1) is 13.1. The standard InChI is InChI=1S/C19H16N2O5S/c1-10-13-9-12(23-3)6-7-14(13)25-16(10)19(22)24-11(2)17-20-21-18(26-17)15-5-4-8-27-15/h4-9,11H,1-3H3/t11-/m0/s1. The summed E-state index contributed by atoms with van der Waals surface area (Å²) in [5.74, 6) is 0.859. The molecule has 1 atom stereocenters. The topological polar surface area (TPSA) is 87.6 Å². The van der Waals surface area contributed by atoms with Crippen molar-refractivity contribution in [3.8, 4) is 16.5 Å². The van der Waals surface area contributed by atoms with Gasteiger partial charge in [0.25, 0.3) is 11.8 Å². The zero-order valence-electron chi connectivity index (χ0n) is 14.9. The van der Waals surface area contributed by atoms with Gasteiger partial charge in [-0.15, -0.1) is 21.5 Å². The quantitative estimate of drug-likeness (QED) is 0.458. The van der Waals surface area contributed by atoms with E-state index in [4.69, 9.17) is 18.3 Å². The highest BCUT2D eigenvalue weighted by Crippen LogP contribution is 2.31. The molecule has 0 saturated heterocycles. The number of hydrogen-bond donors (Lipinski definition) is 0. The fourth-order valence-corrected chi connectivity index (χ4v) is 3.33. The van der Waals surface area contributed by atoms with Gasteiger partial charge in [-0.1, -0.05) is 6.07 Å². The van der Waals surface area contributed by atoms with E-state index in [0.717, 1.165) is 10.3 Å². The summed E-state index contributed by atoms with van der Waals surface area (Å²) >= 11 is 1.49. The molecule has 7 nitrogen and oxygen atoms in total. The minimum atomic E-state index is -0.708. The SMILES string of the molecule is COc1ccc2oc(C(=O)O[C@@H](C)c3nnc(-c4cccs4)o3)c(C)c2c1. The Morgan fingerprint density at radius 2 is 2.07 bits per heavy atom. The fraction of sp³-hybridized carbons (Fsp3) is 0.211. The summed E-state index contributed by atoms with van der Waals surface area (Å²) in [6.45, 7) is 3.47. The van der Waals surface area contributed by atoms with Crippen LogP contribution in [0.15, 0.2) is 44.5 Å². The maximum atomic E-state index is 12.6. The smallest absolute Gasteiger partial charge is 0.375 e. The molecule has 0 amide bonds. The number of carbonyl (C=O) groups excluding carboxylic acids is 1. The van der Waals surface area contributed by atoms with Gasteiger partial charge < -0.3 is 18.3 Å². The predicted octanol–water partition coefficient (Wildman–Crippen LogP) is 4.78. The van der Waals surface area contributed by atoms with Gasteiger partial charge >= 0.3 is 5.97 Å². The van der Waals surface area contributed by atoms with Crippen LogP contribution in [0.25, 0.3) is 21.7 Å². The van der Waals surface area contributed by atoms with Crippen molar-refractivity contribution in [2.45, 2.75) is 20.0 Å². The summed E-state index contributed by atoms with van der Waals surface area (Å²) in [6.07, 6.45) is -0.708. The number of fused-ring (bicyclic) bond motifs is 1. The van der Waals surface area contributed by atoms with Crippen molar-refractivity contribution in [3.63, 3.8) is 0 Å². The Morgan fingerprint density at radius 3 is 2.81 bits per heavy atom. The first kappa shape index (κ1) is 17.3. The molecule has 4 aromatic rings. The van der Waals surface area contributed by atoms with Gasteiger partial charge in [0.1, 0.15) is 11.3 Å². The molecule has 0 unspecified atom stereocenters. The van der Waals surface area contributed by atoms with Crippen molar-refractivity contribution >= 4 is 28.3 Å². The summed E-state index contributed by atoms with van der Waals surface area (Å²) in [7, 11) is 1.59. The molecule has 0 spiro atoms. The van der Waals surface area contributed by atoms with Crippen LogP contribution in [0.1, 0.15) is 35.0 Å². The highest BCUT2D eigenvalue weighted by molar-refractivity contribution is 7.13. The molecule has 0 radical (unpaired) electrons. The van der Waals surface area contributed by atoms with Crippen molar-refractivity contribution in [2.75, 3.05) is 7.11 Å². The molecule has 3 heterocycles. The molecular formula is C19H16N2O5S. The van der Waals surface area contributed by atoms with Crippen LogP contribution in [0.3, 0.4) is 0 Å². The molecule has 4 rings (SSSR count). The van der Waals surface area contributed by atoms with Crippen LogP contribution in [0.5, 0.6) is 5.75 Å². The average Bonchev–Trinajstić information content (AvgIpc) is 3.41. The Balaban J connectivity index is 1.55. The largest absolute Gasteiger partial charge is 0.497 e. The number of furan rings is 1. The number of rotatable bonds is 5. The average molecular weight is 384 g/mol. The predicted molar refractivity (Wildman–Crippen MR) is 98.9 cm³/mol. The lowest BCUT2D eigenvalue weighted by atomic mass is 10.1. The Kier molecular flexibility index (Phi) is 4.41. The number of benzene rings is 1. The number of carbonyl (C=O) groups is 1. The van der Waals surface area contributed by atoms with Crippen molar-refractivity contribution in [2.24, 2.45) is 0 Å². The maximum Gasteiger partial charge on any atom is 0.375 e. The van der Waals surface area contributed by atoms with Crippen LogP contribution in [0.2, 0.25) is 0 Å². The molecule has 0 fully saturated rings. The normalized spacial score (nSPS) is 12.3. The van der Waals surface area contributed by atoms with Crippen molar-refractivity contribution < 1.29 is 23.1 Å². The van der Waals surface area contributed by atoms with Crippen LogP contribution in [-0.2, 0) is 4.74 Å². The summed E-state index contributed by atoms with van der Waals surface area (Å²) in [4.78, 5) is 13.4. The van der Waals surface area contributed by atoms with Gasteiger partial charge in [0.15, 0.2) is 6.10 Å². The van der Waals surface area contributed by atoms with E-state index in [1.807, 2.05) is 23.6 Å². The number of methoxy groups -OCH3 is 1. The third kappa shape index (κ3) is 3.19. The van der Waals surface area contributed by atoms with E-state index in [1.165, 1.54) is 11.3 Å². The van der Waals surface area contributed by atoms with Crippen LogP contribution in [0, 0.1) is 6.92 Å². The molecule has 3 aromatic heterocycles. The van der Waals surface area contributed by atoms with Crippen LogP contribution >= 0.6 is 11.3 Å². The molecule has 27 heavy (non-hydrogen) atoms. The zero-order chi connectivity index (χ0) is 19.0. The lowest BCUT2D eigenvalue weighted by Crippen LogP contribution is -2.09. The minimum Gasteiger partial charge on any atom is -0.497 e. The third-order valence-electron chi connectivity index (χ3n) is 4.13. The van der Waals surface area contributed by atoms with Gasteiger partial charge in [-0.2, -0.15) is 0 Å². The fourth-order valence-electron chi connectivity index (χ4n) is 2.68. The minimum absolute atomic E-state index is 0.142. The second-order valence-corrected chi connectivity index (χ2v) is 6.84. The monoisotopic (exact) mass is 384 g/mol. The van der Waals surface area contributed by atoms with Crippen molar-refractivity contribution in [1.82, 2.24) is 10.2 Å². The summed E-state index contributed by atoms with van der Waals surface area (Å²) in [5.41, 5.74) is 1.27. The van der Waals surface area contributed by atoms with Crippen LogP contribution in [-0.4, -0.2) is 23.3 Å². The number of nitrogens with zero attached hydrogens (tertiary/aromatic N) is 2. The Bertz CT molecular complexity index is 1100. The first-order valence-electron chi connectivity index (χ1n) is 8.22. The van der Waals surface area contributed by atoms with Crippen molar-refractivity contribution in [3.05, 3.63) is 52.9 Å². The molecule has 138 valence electrons. The zero-order valence-corrected chi connectivity index (χ0v) is 15.7. The number of thiophene rings is 1. The van der Waals surface area contributed by atoms with Gasteiger partial charge in [-0.25, -0.2) is 4.79 Å². The molecule has 0 aliphatic carbocycles. The number of hydrogen-bond acceptors (Lipinski definition) is 8. The number of esters is 1. The Morgan fingerprint density at radius 1 is 1.22 bits per heavy atom. The molecule has 0 bridgehead atoms. The number of aromatic nitrogens is 2. The van der Waals surface area contributed by atoms with Crippen LogP contribution in [0.4, 0.5) is 0 Å². The van der Waals surface area contributed by atoms with E-state index < -0.39 is 12.1 Å². The van der Waals surface area contributed by atoms with Gasteiger partial charge in [0.2, 0.25) is 5.76 Å². The first-order valence-corrected chi connectivity index (χ1v) is 9.10. The highest BCUT2D eigenvalue weighted by atomic mass is 32.1. The third-order valence-corrected chi connectivity index (χ3v) is 4.99. The molecule has 0 aliphatic heterocycles. The summed E-state index contributed by atoms with van der Waals surface area (Å²) in [6, 6.07) is 9.12. The highest BCUT2D eigenvalue weighted by Gasteiger charge is 2.25. The summed E-state index contributed by atoms with van der Waals surface area (Å²) < 4.78 is 22.0. The van der Waals surface area contributed by atoms with Gasteiger partial charge in [0.05, 0.1) is 12.0 Å². The van der Waals surface area contributed by atoms with E-state index in [2.05, 4.69) is 10.2 Å². The van der Waals surface area contributed by atoms with Crippen molar-refractivity contribution in [1.29, 1.82) is 0 Å². The maximum absolute atomic E-state index is 12.6. The van der Waals surface area contributed by atoms with Crippen LogP contribution < -0.4 is 4.74 Å². The molecule has 1 aromatic carbocycles. The van der Waals surface area contributed by atoms with Gasteiger partial charge in [-0.3, -0.25) is 0 Å². The van der Waals surface area contributed by atoms with Gasteiger partial charge in [0, 0.05) is 10.9 Å². The van der Waals surface area contributed by atoms with E-state index in [-0.39, 0.29) is 11.7 Å².